The summed E-state index contributed by atoms with van der Waals surface area (Å²) in [5.74, 6) is -3.40. The number of carbonyl (C=O) groups excluding carboxylic acids is 3. The first-order chi connectivity index (χ1) is 11.2. The molecule has 1 fully saturated rings. The molecule has 0 aliphatic carbocycles. The van der Waals surface area contributed by atoms with Crippen LogP contribution in [0.3, 0.4) is 0 Å². The van der Waals surface area contributed by atoms with Crippen LogP contribution >= 0.6 is 0 Å². The zero-order chi connectivity index (χ0) is 17.9. The van der Waals surface area contributed by atoms with Gasteiger partial charge in [-0.2, -0.15) is 0 Å². The van der Waals surface area contributed by atoms with Crippen LogP contribution in [0.4, 0.5) is 5.69 Å². The summed E-state index contributed by atoms with van der Waals surface area (Å²) in [4.78, 5) is 35.9. The van der Waals surface area contributed by atoms with Gasteiger partial charge < -0.3 is 19.5 Å². The average Bonchev–Trinajstić information content (AvgIpc) is 2.46. The van der Waals surface area contributed by atoms with E-state index in [1.165, 1.54) is 20.0 Å². The molecule has 1 aliphatic heterocycles. The number of para-hydroxylation sites is 1. The molecule has 1 heterocycles. The van der Waals surface area contributed by atoms with Gasteiger partial charge in [0.25, 0.3) is 5.79 Å². The van der Waals surface area contributed by atoms with Crippen molar-refractivity contribution in [3.05, 3.63) is 41.1 Å². The summed E-state index contributed by atoms with van der Waals surface area (Å²) in [6.45, 7) is 6.66. The highest BCUT2D eigenvalue weighted by Crippen LogP contribution is 2.25. The van der Waals surface area contributed by atoms with E-state index in [0.717, 1.165) is 5.56 Å². The number of nitrogens with one attached hydrogen (secondary N) is 1. The third-order valence-corrected chi connectivity index (χ3v) is 3.25. The molecular weight excluding hydrogens is 314 g/mol. The molecule has 0 atom stereocenters. The zero-order valence-corrected chi connectivity index (χ0v) is 14.0. The lowest BCUT2D eigenvalue weighted by Crippen LogP contribution is -2.42. The molecule has 0 unspecified atom stereocenters. The van der Waals surface area contributed by atoms with E-state index in [-0.39, 0.29) is 12.2 Å². The Balaban J connectivity index is 2.30. The Labute approximate surface area is 139 Å². The van der Waals surface area contributed by atoms with Crippen LogP contribution in [0.1, 0.15) is 36.7 Å². The quantitative estimate of drug-likeness (QED) is 0.513. The molecule has 1 N–H and O–H groups in total. The molecule has 0 amide bonds. The molecule has 0 radical (unpaired) electrons. The van der Waals surface area contributed by atoms with Crippen LogP contribution < -0.4 is 5.32 Å². The summed E-state index contributed by atoms with van der Waals surface area (Å²) in [7, 11) is 0. The van der Waals surface area contributed by atoms with Crippen molar-refractivity contribution < 1.29 is 28.6 Å². The average molecular weight is 333 g/mol. The van der Waals surface area contributed by atoms with Crippen LogP contribution in [-0.4, -0.2) is 30.3 Å². The number of rotatable bonds is 4. The molecule has 1 aliphatic rings. The number of ether oxygens (including phenoxy) is 3. The van der Waals surface area contributed by atoms with Crippen molar-refractivity contribution in [1.82, 2.24) is 0 Å². The van der Waals surface area contributed by atoms with Gasteiger partial charge in [0.15, 0.2) is 5.57 Å². The van der Waals surface area contributed by atoms with Gasteiger partial charge in [-0.15, -0.1) is 0 Å². The van der Waals surface area contributed by atoms with Crippen LogP contribution in [0, 0.1) is 6.92 Å². The van der Waals surface area contributed by atoms with E-state index in [4.69, 9.17) is 14.2 Å². The molecule has 0 aromatic heterocycles. The van der Waals surface area contributed by atoms with Crippen LogP contribution in [0.2, 0.25) is 0 Å². The lowest BCUT2D eigenvalue weighted by molar-refractivity contribution is -0.222. The lowest BCUT2D eigenvalue weighted by Gasteiger charge is -2.29. The lowest BCUT2D eigenvalue weighted by atomic mass is 10.1. The van der Waals surface area contributed by atoms with Gasteiger partial charge in [-0.1, -0.05) is 12.1 Å². The summed E-state index contributed by atoms with van der Waals surface area (Å²) in [6.07, 6.45) is 1.17. The highest BCUT2D eigenvalue weighted by atomic mass is 16.7. The van der Waals surface area contributed by atoms with Crippen LogP contribution in [0.15, 0.2) is 30.0 Å². The Morgan fingerprint density at radius 3 is 2.46 bits per heavy atom. The largest absolute Gasteiger partial charge is 0.462 e. The molecule has 1 aromatic carbocycles. The van der Waals surface area contributed by atoms with Crippen molar-refractivity contribution in [2.24, 2.45) is 0 Å². The van der Waals surface area contributed by atoms with E-state index in [2.05, 4.69) is 5.32 Å². The number of hydrogen-bond acceptors (Lipinski definition) is 7. The van der Waals surface area contributed by atoms with Crippen LogP contribution in [0.5, 0.6) is 0 Å². The van der Waals surface area contributed by atoms with Crippen molar-refractivity contribution in [2.45, 2.75) is 33.5 Å². The second kappa shape index (κ2) is 6.74. The van der Waals surface area contributed by atoms with Gasteiger partial charge in [0.1, 0.15) is 0 Å². The summed E-state index contributed by atoms with van der Waals surface area (Å²) in [6, 6.07) is 5.09. The molecule has 0 saturated carbocycles. The van der Waals surface area contributed by atoms with Crippen molar-refractivity contribution in [1.29, 1.82) is 0 Å². The maximum atomic E-state index is 12.0. The molecule has 24 heavy (non-hydrogen) atoms. The third-order valence-electron chi connectivity index (χ3n) is 3.25. The Kier molecular flexibility index (Phi) is 4.92. The molecule has 1 saturated heterocycles. The first-order valence-corrected chi connectivity index (χ1v) is 7.45. The van der Waals surface area contributed by atoms with Crippen molar-refractivity contribution in [3.63, 3.8) is 0 Å². The Bertz CT molecular complexity index is 698. The topological polar surface area (TPSA) is 90.9 Å². The number of benzene rings is 1. The molecule has 128 valence electrons. The number of cyclic esters (lactones) is 2. The predicted octanol–water partition coefficient (Wildman–Crippen LogP) is 2.30. The second-order valence-electron chi connectivity index (χ2n) is 5.60. The molecule has 0 bridgehead atoms. The van der Waals surface area contributed by atoms with Crippen molar-refractivity contribution in [2.75, 3.05) is 11.9 Å². The van der Waals surface area contributed by atoms with Gasteiger partial charge in [0.05, 0.1) is 17.9 Å². The Hall–Kier alpha value is -2.83. The maximum absolute atomic E-state index is 12.0. The normalized spacial score (nSPS) is 16.1. The zero-order valence-electron chi connectivity index (χ0n) is 14.0. The van der Waals surface area contributed by atoms with Gasteiger partial charge in [-0.05, 0) is 25.5 Å². The van der Waals surface area contributed by atoms with Gasteiger partial charge >= 0.3 is 17.9 Å². The standard InChI is InChI=1S/C17H19NO6/c1-5-22-14(19)11-8-6-7-10(2)13(11)18-9-12-15(20)23-17(3,4)24-16(12)21/h6-9,18H,5H2,1-4H3. The van der Waals surface area contributed by atoms with E-state index in [1.807, 2.05) is 0 Å². The Morgan fingerprint density at radius 2 is 1.88 bits per heavy atom. The minimum absolute atomic E-state index is 0.237. The summed E-state index contributed by atoms with van der Waals surface area (Å²) in [5.41, 5.74) is 1.20. The fourth-order valence-corrected chi connectivity index (χ4v) is 2.16. The SMILES string of the molecule is CCOC(=O)c1cccc(C)c1NC=C1C(=O)OC(C)(C)OC1=O. The number of esters is 3. The van der Waals surface area contributed by atoms with E-state index in [9.17, 15) is 14.4 Å². The van der Waals surface area contributed by atoms with Crippen LogP contribution in [0.25, 0.3) is 0 Å². The number of carbonyl (C=O) groups is 3. The van der Waals surface area contributed by atoms with E-state index in [0.29, 0.717) is 11.3 Å². The van der Waals surface area contributed by atoms with Crippen LogP contribution in [-0.2, 0) is 23.8 Å². The fourth-order valence-electron chi connectivity index (χ4n) is 2.16. The minimum Gasteiger partial charge on any atom is -0.462 e. The highest BCUT2D eigenvalue weighted by molar-refractivity contribution is 6.15. The fraction of sp³-hybridized carbons (Fsp3) is 0.353. The number of anilines is 1. The molecule has 7 nitrogen and oxygen atoms in total. The molecule has 0 spiro atoms. The van der Waals surface area contributed by atoms with Gasteiger partial charge in [0.2, 0.25) is 0 Å². The molecule has 1 aromatic rings. The highest BCUT2D eigenvalue weighted by Gasteiger charge is 2.39. The first kappa shape index (κ1) is 17.5. The summed E-state index contributed by atoms with van der Waals surface area (Å²) < 4.78 is 15.0. The van der Waals surface area contributed by atoms with E-state index >= 15 is 0 Å². The number of hydrogen-bond donors (Lipinski definition) is 1. The van der Waals surface area contributed by atoms with Crippen molar-refractivity contribution >= 4 is 23.6 Å². The summed E-state index contributed by atoms with van der Waals surface area (Å²) in [5, 5.41) is 2.81. The Morgan fingerprint density at radius 1 is 1.25 bits per heavy atom. The smallest absolute Gasteiger partial charge is 0.350 e. The van der Waals surface area contributed by atoms with Gasteiger partial charge in [-0.3, -0.25) is 0 Å². The molecule has 2 rings (SSSR count). The second-order valence-corrected chi connectivity index (χ2v) is 5.60. The van der Waals surface area contributed by atoms with Crippen molar-refractivity contribution in [3.8, 4) is 0 Å². The summed E-state index contributed by atoms with van der Waals surface area (Å²) >= 11 is 0. The minimum atomic E-state index is -1.30. The first-order valence-electron chi connectivity index (χ1n) is 7.45. The monoisotopic (exact) mass is 333 g/mol. The maximum Gasteiger partial charge on any atom is 0.350 e. The van der Waals surface area contributed by atoms with Gasteiger partial charge in [0, 0.05) is 20.0 Å². The van der Waals surface area contributed by atoms with E-state index < -0.39 is 23.7 Å². The predicted molar refractivity (Wildman–Crippen MR) is 85.1 cm³/mol. The molecule has 7 heteroatoms. The third kappa shape index (κ3) is 3.73. The van der Waals surface area contributed by atoms with E-state index in [1.54, 1.807) is 32.0 Å². The number of aryl methyl sites for hydroxylation is 1. The molecular formula is C17H19NO6. The van der Waals surface area contributed by atoms with Gasteiger partial charge in [-0.25, -0.2) is 14.4 Å².